The smallest absolute Gasteiger partial charge is 0.167 e. The Bertz CT molecular complexity index is 1240. The van der Waals surface area contributed by atoms with E-state index >= 15 is 0 Å². The first-order valence-electron chi connectivity index (χ1n) is 11.2. The van der Waals surface area contributed by atoms with E-state index in [1.807, 2.05) is 30.5 Å². The first-order chi connectivity index (χ1) is 16.0. The van der Waals surface area contributed by atoms with Gasteiger partial charge in [-0.05, 0) is 38.8 Å². The fourth-order valence-corrected chi connectivity index (χ4v) is 5.75. The molecule has 0 bridgehead atoms. The Hall–Kier alpha value is -2.22. The summed E-state index contributed by atoms with van der Waals surface area (Å²) in [4.78, 5) is 14.5. The van der Waals surface area contributed by atoms with Gasteiger partial charge in [0.25, 0.3) is 0 Å². The van der Waals surface area contributed by atoms with Crippen LogP contribution < -0.4 is 5.32 Å². The SMILES string of the molecule is CC1(C)OC2C(C#Cc3ccc(Cl)s3)OC(n3cnc4c(NC5CCCC5)ncnc43)C2O1. The molecule has 0 amide bonds. The molecule has 33 heavy (non-hydrogen) atoms. The molecular weight excluding hydrogens is 462 g/mol. The Morgan fingerprint density at radius 1 is 1.15 bits per heavy atom. The van der Waals surface area contributed by atoms with E-state index in [2.05, 4.69) is 32.1 Å². The first-order valence-corrected chi connectivity index (χ1v) is 12.4. The van der Waals surface area contributed by atoms with Crippen LogP contribution in [-0.2, 0) is 14.2 Å². The fraction of sp³-hybridized carbons (Fsp3) is 0.522. The lowest BCUT2D eigenvalue weighted by molar-refractivity contribution is -0.190. The largest absolute Gasteiger partial charge is 0.365 e. The van der Waals surface area contributed by atoms with Crippen molar-refractivity contribution >= 4 is 39.9 Å². The third-order valence-electron chi connectivity index (χ3n) is 6.27. The standard InChI is InChI=1S/C23H24ClN5O3S/c1-23(2)31-18-15(9-7-14-8-10-16(24)33-14)30-22(19(18)32-23)29-12-27-17-20(25-11-26-21(17)29)28-13-5-3-4-6-13/h8,10-13,15,18-19,22H,3-6H2,1-2H3,(H,25,26,28). The van der Waals surface area contributed by atoms with Crippen LogP contribution in [0.4, 0.5) is 5.82 Å². The molecule has 4 atom stereocenters. The summed E-state index contributed by atoms with van der Waals surface area (Å²) >= 11 is 7.48. The summed E-state index contributed by atoms with van der Waals surface area (Å²) in [5.74, 6) is 6.41. The zero-order valence-corrected chi connectivity index (χ0v) is 19.9. The fourth-order valence-electron chi connectivity index (χ4n) is 4.85. The number of nitrogens with zero attached hydrogens (tertiary/aromatic N) is 4. The number of imidazole rings is 1. The van der Waals surface area contributed by atoms with Crippen molar-refractivity contribution in [2.45, 2.75) is 75.9 Å². The Labute approximate surface area is 200 Å². The number of hydrogen-bond donors (Lipinski definition) is 1. The average Bonchev–Trinajstić information content (AvgIpc) is 3.57. The van der Waals surface area contributed by atoms with Gasteiger partial charge >= 0.3 is 0 Å². The molecule has 6 rings (SSSR count). The number of rotatable bonds is 3. The van der Waals surface area contributed by atoms with Gasteiger partial charge in [0.05, 0.1) is 15.5 Å². The summed E-state index contributed by atoms with van der Waals surface area (Å²) in [5.41, 5.74) is 1.42. The van der Waals surface area contributed by atoms with Crippen LogP contribution in [-0.4, -0.2) is 49.7 Å². The van der Waals surface area contributed by atoms with E-state index in [-0.39, 0.29) is 12.2 Å². The number of halogens is 1. The van der Waals surface area contributed by atoms with E-state index in [9.17, 15) is 0 Å². The van der Waals surface area contributed by atoms with Gasteiger partial charge in [-0.15, -0.1) is 11.3 Å². The van der Waals surface area contributed by atoms with Crippen molar-refractivity contribution in [3.8, 4) is 11.8 Å². The quantitative estimate of drug-likeness (QED) is 0.551. The second kappa shape index (κ2) is 8.22. The van der Waals surface area contributed by atoms with Gasteiger partial charge in [-0.1, -0.05) is 36.3 Å². The molecule has 172 valence electrons. The van der Waals surface area contributed by atoms with Crippen LogP contribution in [0.3, 0.4) is 0 Å². The minimum Gasteiger partial charge on any atom is -0.365 e. The van der Waals surface area contributed by atoms with Gasteiger partial charge in [0.2, 0.25) is 0 Å². The highest BCUT2D eigenvalue weighted by atomic mass is 35.5. The monoisotopic (exact) mass is 485 g/mol. The summed E-state index contributed by atoms with van der Waals surface area (Å²) in [6.07, 6.45) is 6.49. The summed E-state index contributed by atoms with van der Waals surface area (Å²) in [6, 6.07) is 4.17. The molecule has 1 N–H and O–H groups in total. The van der Waals surface area contributed by atoms with Crippen molar-refractivity contribution in [3.63, 3.8) is 0 Å². The van der Waals surface area contributed by atoms with Crippen molar-refractivity contribution in [1.29, 1.82) is 0 Å². The van der Waals surface area contributed by atoms with Crippen molar-refractivity contribution in [2.75, 3.05) is 5.32 Å². The van der Waals surface area contributed by atoms with E-state index in [1.165, 1.54) is 24.2 Å². The van der Waals surface area contributed by atoms with Crippen molar-refractivity contribution in [2.24, 2.45) is 0 Å². The summed E-state index contributed by atoms with van der Waals surface area (Å²) < 4.78 is 21.4. The van der Waals surface area contributed by atoms with Crippen molar-refractivity contribution in [1.82, 2.24) is 19.5 Å². The van der Waals surface area contributed by atoms with Gasteiger partial charge in [-0.3, -0.25) is 4.57 Å². The minimum absolute atomic E-state index is 0.330. The molecule has 0 radical (unpaired) electrons. The van der Waals surface area contributed by atoms with Crippen LogP contribution in [0.25, 0.3) is 11.2 Å². The molecule has 1 aliphatic carbocycles. The maximum absolute atomic E-state index is 6.37. The predicted molar refractivity (Wildman–Crippen MR) is 125 cm³/mol. The molecular formula is C23H24ClN5O3S. The topological polar surface area (TPSA) is 83.3 Å². The first kappa shape index (κ1) is 21.3. The molecule has 4 unspecified atom stereocenters. The molecule has 1 saturated carbocycles. The van der Waals surface area contributed by atoms with Crippen LogP contribution in [0, 0.1) is 11.8 Å². The molecule has 3 aliphatic rings. The number of fused-ring (bicyclic) bond motifs is 2. The van der Waals surface area contributed by atoms with Crippen LogP contribution in [0.1, 0.15) is 50.6 Å². The predicted octanol–water partition coefficient (Wildman–Crippen LogP) is 4.36. The van der Waals surface area contributed by atoms with Crippen molar-refractivity contribution in [3.05, 3.63) is 34.0 Å². The van der Waals surface area contributed by atoms with Crippen LogP contribution in [0.15, 0.2) is 24.8 Å². The van der Waals surface area contributed by atoms with E-state index in [4.69, 9.17) is 25.8 Å². The highest BCUT2D eigenvalue weighted by Gasteiger charge is 2.56. The third-order valence-corrected chi connectivity index (χ3v) is 7.42. The number of ether oxygens (including phenoxy) is 3. The summed E-state index contributed by atoms with van der Waals surface area (Å²) in [6.45, 7) is 3.81. The van der Waals surface area contributed by atoms with E-state index in [1.54, 1.807) is 12.7 Å². The zero-order chi connectivity index (χ0) is 22.6. The molecule has 0 aromatic carbocycles. The minimum atomic E-state index is -0.732. The number of nitrogens with one attached hydrogen (secondary N) is 1. The lowest BCUT2D eigenvalue weighted by atomic mass is 10.1. The normalized spacial score (nSPS) is 28.7. The number of hydrogen-bond acceptors (Lipinski definition) is 8. The maximum Gasteiger partial charge on any atom is 0.167 e. The molecule has 10 heteroatoms. The van der Waals surface area contributed by atoms with Gasteiger partial charge in [0.15, 0.2) is 29.0 Å². The molecule has 3 fully saturated rings. The molecule has 3 aromatic heterocycles. The van der Waals surface area contributed by atoms with E-state index in [0.29, 0.717) is 16.0 Å². The molecule has 2 saturated heterocycles. The second-order valence-electron chi connectivity index (χ2n) is 9.06. The molecule has 3 aromatic rings. The van der Waals surface area contributed by atoms with Gasteiger partial charge in [0, 0.05) is 6.04 Å². The Morgan fingerprint density at radius 3 is 2.76 bits per heavy atom. The van der Waals surface area contributed by atoms with Crippen molar-refractivity contribution < 1.29 is 14.2 Å². The molecule has 8 nitrogen and oxygen atoms in total. The van der Waals surface area contributed by atoms with Gasteiger partial charge in [-0.25, -0.2) is 15.0 Å². The Kier molecular flexibility index (Phi) is 5.31. The third kappa shape index (κ3) is 4.00. The Balaban J connectivity index is 1.32. The Morgan fingerprint density at radius 2 is 1.97 bits per heavy atom. The van der Waals surface area contributed by atoms with Gasteiger partial charge in [0.1, 0.15) is 24.6 Å². The highest BCUT2D eigenvalue weighted by molar-refractivity contribution is 7.16. The molecule has 5 heterocycles. The molecule has 2 aliphatic heterocycles. The summed E-state index contributed by atoms with van der Waals surface area (Å²) in [7, 11) is 0. The van der Waals surface area contributed by atoms with Crippen LogP contribution in [0.2, 0.25) is 4.34 Å². The van der Waals surface area contributed by atoms with Crippen LogP contribution >= 0.6 is 22.9 Å². The lowest BCUT2D eigenvalue weighted by Crippen LogP contribution is -2.28. The lowest BCUT2D eigenvalue weighted by Gasteiger charge is -2.23. The number of thiophene rings is 1. The number of aromatic nitrogens is 4. The number of anilines is 1. The second-order valence-corrected chi connectivity index (χ2v) is 10.8. The van der Waals surface area contributed by atoms with Crippen LogP contribution in [0.5, 0.6) is 0 Å². The van der Waals surface area contributed by atoms with Gasteiger partial charge < -0.3 is 19.5 Å². The van der Waals surface area contributed by atoms with E-state index < -0.39 is 18.1 Å². The average molecular weight is 486 g/mol. The molecule has 0 spiro atoms. The maximum atomic E-state index is 6.37. The highest BCUT2D eigenvalue weighted by Crippen LogP contribution is 2.44. The summed E-state index contributed by atoms with van der Waals surface area (Å²) in [5, 5.41) is 3.54. The van der Waals surface area contributed by atoms with Gasteiger partial charge in [-0.2, -0.15) is 0 Å². The zero-order valence-electron chi connectivity index (χ0n) is 18.3. The van der Waals surface area contributed by atoms with E-state index in [0.717, 1.165) is 29.1 Å².